The Morgan fingerprint density at radius 2 is 1.88 bits per heavy atom. The van der Waals surface area contributed by atoms with Crippen LogP contribution in [0.5, 0.6) is 11.5 Å². The number of hydrogen-bond acceptors (Lipinski definition) is 4. The maximum atomic E-state index is 12.5. The molecule has 0 aromatic heterocycles. The first-order valence-electron chi connectivity index (χ1n) is 9.36. The van der Waals surface area contributed by atoms with Gasteiger partial charge in [-0.1, -0.05) is 6.42 Å². The third-order valence-corrected chi connectivity index (χ3v) is 5.81. The van der Waals surface area contributed by atoms with Crippen molar-refractivity contribution in [3.63, 3.8) is 0 Å². The largest absolute Gasteiger partial charge is 0.497 e. The van der Waals surface area contributed by atoms with Crippen molar-refractivity contribution in [3.05, 3.63) is 23.8 Å². The summed E-state index contributed by atoms with van der Waals surface area (Å²) in [5, 5.41) is 3.31. The number of ether oxygens (including phenoxy) is 2. The van der Waals surface area contributed by atoms with E-state index in [1.165, 1.54) is 19.3 Å². The van der Waals surface area contributed by atoms with Crippen LogP contribution in [0.3, 0.4) is 0 Å². The fraction of sp³-hybridized carbons (Fsp3) is 0.650. The molecule has 2 bridgehead atoms. The van der Waals surface area contributed by atoms with E-state index in [2.05, 4.69) is 5.32 Å². The van der Waals surface area contributed by atoms with E-state index in [4.69, 9.17) is 15.2 Å². The van der Waals surface area contributed by atoms with Gasteiger partial charge in [0.25, 0.3) is 0 Å². The second kappa shape index (κ2) is 9.47. The van der Waals surface area contributed by atoms with E-state index in [-0.39, 0.29) is 18.3 Å². The Morgan fingerprint density at radius 1 is 1.19 bits per heavy atom. The van der Waals surface area contributed by atoms with Crippen molar-refractivity contribution < 1.29 is 14.3 Å². The van der Waals surface area contributed by atoms with Gasteiger partial charge >= 0.3 is 0 Å². The average Bonchev–Trinajstić information content (AvgIpc) is 2.60. The molecule has 2 unspecified atom stereocenters. The number of aryl methyl sites for hydroxylation is 1. The molecule has 2 fully saturated rings. The lowest BCUT2D eigenvalue weighted by molar-refractivity contribution is -0.123. The number of amides is 1. The number of nitrogens with two attached hydrogens (primary N) is 1. The van der Waals surface area contributed by atoms with E-state index in [9.17, 15) is 4.79 Å². The van der Waals surface area contributed by atoms with Crippen molar-refractivity contribution in [2.24, 2.45) is 17.6 Å². The molecule has 0 spiro atoms. The van der Waals surface area contributed by atoms with Gasteiger partial charge in [0.1, 0.15) is 11.5 Å². The second-order valence-electron chi connectivity index (χ2n) is 7.45. The Kier molecular flexibility index (Phi) is 7.59. The van der Waals surface area contributed by atoms with Crippen LogP contribution in [0.25, 0.3) is 0 Å². The molecule has 5 nitrogen and oxygen atoms in total. The van der Waals surface area contributed by atoms with Gasteiger partial charge in [-0.2, -0.15) is 0 Å². The zero-order chi connectivity index (χ0) is 17.8. The minimum atomic E-state index is 0. The number of hydrogen-bond donors (Lipinski definition) is 2. The third kappa shape index (κ3) is 4.83. The number of nitrogens with one attached hydrogen (secondary N) is 1. The topological polar surface area (TPSA) is 73.6 Å². The number of carbonyl (C=O) groups excluding carboxylic acids is 1. The van der Waals surface area contributed by atoms with Crippen molar-refractivity contribution in [1.82, 2.24) is 5.32 Å². The zero-order valence-corrected chi connectivity index (χ0v) is 16.5. The molecule has 2 saturated carbocycles. The number of methoxy groups -OCH3 is 2. The van der Waals surface area contributed by atoms with Crippen LogP contribution in [-0.2, 0) is 11.2 Å². The van der Waals surface area contributed by atoms with E-state index in [0.29, 0.717) is 36.8 Å². The summed E-state index contributed by atoms with van der Waals surface area (Å²) in [6.45, 7) is 0. The fourth-order valence-electron chi connectivity index (χ4n) is 4.61. The van der Waals surface area contributed by atoms with E-state index in [1.807, 2.05) is 18.2 Å². The first kappa shape index (κ1) is 20.8. The van der Waals surface area contributed by atoms with Gasteiger partial charge in [-0.25, -0.2) is 0 Å². The summed E-state index contributed by atoms with van der Waals surface area (Å²) < 4.78 is 10.7. The molecular formula is C20H31ClN2O3. The van der Waals surface area contributed by atoms with Crippen LogP contribution in [0.2, 0.25) is 0 Å². The molecule has 6 heteroatoms. The first-order valence-corrected chi connectivity index (χ1v) is 9.36. The van der Waals surface area contributed by atoms with E-state index >= 15 is 0 Å². The smallest absolute Gasteiger partial charge is 0.220 e. The van der Waals surface area contributed by atoms with E-state index in [0.717, 1.165) is 29.9 Å². The molecular weight excluding hydrogens is 352 g/mol. The Labute approximate surface area is 162 Å². The van der Waals surface area contributed by atoms with Crippen LogP contribution < -0.4 is 20.5 Å². The number of carbonyl (C=O) groups is 1. The van der Waals surface area contributed by atoms with Crippen molar-refractivity contribution in [3.8, 4) is 11.5 Å². The molecule has 0 aliphatic heterocycles. The summed E-state index contributed by atoms with van der Waals surface area (Å²) in [6.07, 6.45) is 6.86. The molecule has 0 saturated heterocycles. The summed E-state index contributed by atoms with van der Waals surface area (Å²) in [5.41, 5.74) is 7.18. The van der Waals surface area contributed by atoms with Gasteiger partial charge in [-0.3, -0.25) is 4.79 Å². The van der Waals surface area contributed by atoms with Gasteiger partial charge in [0, 0.05) is 18.5 Å². The van der Waals surface area contributed by atoms with Crippen LogP contribution in [0.4, 0.5) is 0 Å². The minimum absolute atomic E-state index is 0. The predicted molar refractivity (Wildman–Crippen MR) is 105 cm³/mol. The standard InChI is InChI=1S/C20H30N2O3.ClH/c1-24-17-7-8-18(25-2)13(12-17)6-9-19(23)22-20-14-4-3-5-15(20)11-16(21)10-14;/h7-8,12,14-16,20H,3-6,9-11,21H2,1-2H3,(H,22,23);1H. The lowest BCUT2D eigenvalue weighted by Gasteiger charge is -2.45. The molecule has 3 rings (SSSR count). The van der Waals surface area contributed by atoms with Crippen LogP contribution in [-0.4, -0.2) is 32.2 Å². The normalized spacial score (nSPS) is 27.2. The van der Waals surface area contributed by atoms with Gasteiger partial charge in [0.05, 0.1) is 14.2 Å². The van der Waals surface area contributed by atoms with Crippen molar-refractivity contribution in [2.75, 3.05) is 14.2 Å². The van der Waals surface area contributed by atoms with Crippen LogP contribution in [0, 0.1) is 11.8 Å². The summed E-state index contributed by atoms with van der Waals surface area (Å²) in [7, 11) is 3.29. The highest BCUT2D eigenvalue weighted by atomic mass is 35.5. The number of halogens is 1. The van der Waals surface area contributed by atoms with Crippen LogP contribution in [0.1, 0.15) is 44.1 Å². The molecule has 1 aromatic rings. The Hall–Kier alpha value is -1.46. The number of fused-ring (bicyclic) bond motifs is 2. The average molecular weight is 383 g/mol. The van der Waals surface area contributed by atoms with Crippen LogP contribution >= 0.6 is 12.4 Å². The lowest BCUT2D eigenvalue weighted by atomic mass is 9.67. The van der Waals surface area contributed by atoms with Crippen molar-refractivity contribution in [1.29, 1.82) is 0 Å². The molecule has 1 aromatic carbocycles. The molecule has 146 valence electrons. The van der Waals surface area contributed by atoms with Crippen LogP contribution in [0.15, 0.2) is 18.2 Å². The molecule has 2 aliphatic rings. The molecule has 0 heterocycles. The highest BCUT2D eigenvalue weighted by Crippen LogP contribution is 2.39. The maximum absolute atomic E-state index is 12.5. The Balaban J connectivity index is 0.00000243. The van der Waals surface area contributed by atoms with Gasteiger partial charge in [0.2, 0.25) is 5.91 Å². The first-order chi connectivity index (χ1) is 12.1. The molecule has 2 aliphatic carbocycles. The zero-order valence-electron chi connectivity index (χ0n) is 15.7. The second-order valence-corrected chi connectivity index (χ2v) is 7.45. The Morgan fingerprint density at radius 3 is 2.50 bits per heavy atom. The SMILES string of the molecule is COc1ccc(OC)c(CCC(=O)NC2C3CCCC2CC(N)C3)c1.Cl. The minimum Gasteiger partial charge on any atom is -0.497 e. The number of benzene rings is 1. The highest BCUT2D eigenvalue weighted by molar-refractivity contribution is 5.85. The van der Waals surface area contributed by atoms with Gasteiger partial charge in [-0.05, 0) is 67.7 Å². The fourth-order valence-corrected chi connectivity index (χ4v) is 4.61. The highest BCUT2D eigenvalue weighted by Gasteiger charge is 2.39. The quantitative estimate of drug-likeness (QED) is 0.792. The summed E-state index contributed by atoms with van der Waals surface area (Å²) in [6, 6.07) is 6.33. The summed E-state index contributed by atoms with van der Waals surface area (Å²) >= 11 is 0. The molecule has 0 radical (unpaired) electrons. The summed E-state index contributed by atoms with van der Waals surface area (Å²) in [5.74, 6) is 2.82. The lowest BCUT2D eigenvalue weighted by Crippen LogP contribution is -2.53. The van der Waals surface area contributed by atoms with Crippen molar-refractivity contribution in [2.45, 2.75) is 57.0 Å². The monoisotopic (exact) mass is 382 g/mol. The molecule has 3 N–H and O–H groups in total. The third-order valence-electron chi connectivity index (χ3n) is 5.81. The predicted octanol–water partition coefficient (Wildman–Crippen LogP) is 3.08. The Bertz CT molecular complexity index is 597. The van der Waals surface area contributed by atoms with Gasteiger partial charge in [0.15, 0.2) is 0 Å². The van der Waals surface area contributed by atoms with E-state index < -0.39 is 0 Å². The van der Waals surface area contributed by atoms with E-state index in [1.54, 1.807) is 14.2 Å². The van der Waals surface area contributed by atoms with Gasteiger partial charge in [-0.15, -0.1) is 12.4 Å². The summed E-state index contributed by atoms with van der Waals surface area (Å²) in [4.78, 5) is 12.5. The maximum Gasteiger partial charge on any atom is 0.220 e. The molecule has 1 amide bonds. The molecule has 26 heavy (non-hydrogen) atoms. The van der Waals surface area contributed by atoms with Gasteiger partial charge < -0.3 is 20.5 Å². The molecule has 2 atom stereocenters. The number of rotatable bonds is 6. The van der Waals surface area contributed by atoms with Crippen molar-refractivity contribution >= 4 is 18.3 Å².